The van der Waals surface area contributed by atoms with Crippen LogP contribution in [0.4, 0.5) is 19.1 Å². The molecule has 0 unspecified atom stereocenters. The van der Waals surface area contributed by atoms with Crippen LogP contribution < -0.4 is 9.64 Å². The van der Waals surface area contributed by atoms with Crippen molar-refractivity contribution in [2.45, 2.75) is 30.7 Å². The Labute approximate surface area is 148 Å². The molecule has 0 aromatic carbocycles. The van der Waals surface area contributed by atoms with Gasteiger partial charge in [0, 0.05) is 25.4 Å². The fourth-order valence-electron chi connectivity index (χ4n) is 3.45. The van der Waals surface area contributed by atoms with Crippen LogP contribution in [0.1, 0.15) is 18.5 Å². The van der Waals surface area contributed by atoms with E-state index in [1.165, 1.54) is 0 Å². The van der Waals surface area contributed by atoms with Gasteiger partial charge in [-0.15, -0.1) is 0 Å². The van der Waals surface area contributed by atoms with Gasteiger partial charge in [0.1, 0.15) is 17.5 Å². The van der Waals surface area contributed by atoms with Crippen molar-refractivity contribution >= 4 is 5.95 Å². The smallest absolute Gasteiger partial charge is 0.433 e. The number of nitrogens with zero attached hydrogens (tertiary/aromatic N) is 4. The van der Waals surface area contributed by atoms with E-state index in [-0.39, 0.29) is 12.1 Å². The number of aromatic nitrogens is 3. The largest absolute Gasteiger partial charge is 0.486 e. The van der Waals surface area contributed by atoms with Gasteiger partial charge in [-0.2, -0.15) is 13.2 Å². The first kappa shape index (κ1) is 17.0. The second-order valence-corrected chi connectivity index (χ2v) is 6.54. The van der Waals surface area contributed by atoms with Gasteiger partial charge >= 0.3 is 6.18 Å². The number of rotatable bonds is 3. The predicted molar refractivity (Wildman–Crippen MR) is 85.8 cm³/mol. The summed E-state index contributed by atoms with van der Waals surface area (Å²) in [6, 6.07) is 4.50. The first-order valence-electron chi connectivity index (χ1n) is 8.29. The molecule has 0 aliphatic carbocycles. The number of halogens is 3. The van der Waals surface area contributed by atoms with E-state index in [2.05, 4.69) is 15.0 Å². The molecule has 1 spiro atoms. The Kier molecular flexibility index (Phi) is 4.18. The average Bonchev–Trinajstić information content (AvgIpc) is 3.22. The molecule has 0 bridgehead atoms. The third kappa shape index (κ3) is 3.44. The average molecular weight is 366 g/mol. The molecule has 4 heterocycles. The van der Waals surface area contributed by atoms with E-state index in [1.807, 2.05) is 6.07 Å². The van der Waals surface area contributed by atoms with Crippen molar-refractivity contribution in [3.63, 3.8) is 0 Å². The highest BCUT2D eigenvalue weighted by Crippen LogP contribution is 2.38. The van der Waals surface area contributed by atoms with Crippen molar-refractivity contribution in [3.05, 3.63) is 42.5 Å². The fraction of sp³-hybridized carbons (Fsp3) is 0.471. The van der Waals surface area contributed by atoms with Gasteiger partial charge < -0.3 is 14.4 Å². The van der Waals surface area contributed by atoms with E-state index in [4.69, 9.17) is 9.47 Å². The van der Waals surface area contributed by atoms with Gasteiger partial charge in [-0.25, -0.2) is 9.97 Å². The van der Waals surface area contributed by atoms with Crippen molar-refractivity contribution in [2.24, 2.45) is 0 Å². The van der Waals surface area contributed by atoms with Crippen molar-refractivity contribution in [1.29, 1.82) is 0 Å². The predicted octanol–water partition coefficient (Wildman–Crippen LogP) is 2.71. The Hall–Kier alpha value is -2.42. The maximum atomic E-state index is 12.9. The van der Waals surface area contributed by atoms with Crippen LogP contribution in [0.15, 0.2) is 36.8 Å². The summed E-state index contributed by atoms with van der Waals surface area (Å²) in [6.45, 7) is 1.42. The zero-order valence-corrected chi connectivity index (χ0v) is 13.8. The maximum absolute atomic E-state index is 12.9. The standard InChI is InChI=1S/C17H17F3N4O2/c18-17(19,20)14-3-6-22-15(23-14)24-7-4-16(11-24)8-13(10-25-16)26-12-2-1-5-21-9-12/h1-3,5-6,9,13H,4,7-8,10-11H2/t13-,16+/m1/s1. The molecule has 138 valence electrons. The van der Waals surface area contributed by atoms with Gasteiger partial charge in [-0.05, 0) is 24.6 Å². The van der Waals surface area contributed by atoms with Crippen LogP contribution in [0.2, 0.25) is 0 Å². The lowest BCUT2D eigenvalue weighted by atomic mass is 9.98. The zero-order chi connectivity index (χ0) is 18.2. The Balaban J connectivity index is 1.42. The molecule has 0 saturated carbocycles. The van der Waals surface area contributed by atoms with E-state index in [9.17, 15) is 13.2 Å². The van der Waals surface area contributed by atoms with E-state index in [0.717, 1.165) is 12.3 Å². The lowest BCUT2D eigenvalue weighted by molar-refractivity contribution is -0.141. The summed E-state index contributed by atoms with van der Waals surface area (Å²) < 4.78 is 50.4. The van der Waals surface area contributed by atoms with Crippen LogP contribution in [0.25, 0.3) is 0 Å². The van der Waals surface area contributed by atoms with Crippen LogP contribution in [0.3, 0.4) is 0 Å². The molecule has 2 aliphatic rings. The Morgan fingerprint density at radius 2 is 2.15 bits per heavy atom. The van der Waals surface area contributed by atoms with Gasteiger partial charge in [0.05, 0.1) is 24.9 Å². The molecule has 2 aliphatic heterocycles. The minimum absolute atomic E-state index is 0.0805. The van der Waals surface area contributed by atoms with E-state index < -0.39 is 17.5 Å². The quantitative estimate of drug-likeness (QED) is 0.833. The molecule has 0 radical (unpaired) electrons. The molecule has 4 rings (SSSR count). The second kappa shape index (κ2) is 6.39. The minimum Gasteiger partial charge on any atom is -0.486 e. The third-order valence-electron chi connectivity index (χ3n) is 4.64. The summed E-state index contributed by atoms with van der Waals surface area (Å²) in [4.78, 5) is 13.4. The number of anilines is 1. The normalized spacial score (nSPS) is 25.8. The Bertz CT molecular complexity index is 774. The number of pyridine rings is 1. The summed E-state index contributed by atoms with van der Waals surface area (Å²) in [5.41, 5.74) is -1.38. The van der Waals surface area contributed by atoms with Gasteiger partial charge in [0.25, 0.3) is 0 Å². The molecular weight excluding hydrogens is 349 g/mol. The molecule has 2 saturated heterocycles. The number of alkyl halides is 3. The Morgan fingerprint density at radius 1 is 1.27 bits per heavy atom. The minimum atomic E-state index is -4.48. The topological polar surface area (TPSA) is 60.4 Å². The highest BCUT2D eigenvalue weighted by Gasteiger charge is 2.47. The van der Waals surface area contributed by atoms with E-state index >= 15 is 0 Å². The number of hydrogen-bond acceptors (Lipinski definition) is 6. The van der Waals surface area contributed by atoms with Gasteiger partial charge in [-0.1, -0.05) is 0 Å². The van der Waals surface area contributed by atoms with Crippen LogP contribution in [-0.2, 0) is 10.9 Å². The van der Waals surface area contributed by atoms with Crippen molar-refractivity contribution in [3.8, 4) is 5.75 Å². The van der Waals surface area contributed by atoms with Gasteiger partial charge in [0.2, 0.25) is 5.95 Å². The lowest BCUT2D eigenvalue weighted by Crippen LogP contribution is -2.34. The highest BCUT2D eigenvalue weighted by molar-refractivity contribution is 5.35. The summed E-state index contributed by atoms with van der Waals surface area (Å²) >= 11 is 0. The number of hydrogen-bond donors (Lipinski definition) is 0. The lowest BCUT2D eigenvalue weighted by Gasteiger charge is -2.23. The fourth-order valence-corrected chi connectivity index (χ4v) is 3.45. The molecule has 9 heteroatoms. The molecule has 2 aromatic rings. The SMILES string of the molecule is FC(F)(F)c1ccnc(N2CC[C@]3(C[C@@H](Oc4cccnc4)CO3)C2)n1. The summed E-state index contributed by atoms with van der Waals surface area (Å²) in [7, 11) is 0. The van der Waals surface area contributed by atoms with Crippen LogP contribution in [0, 0.1) is 0 Å². The molecule has 2 aromatic heterocycles. The second-order valence-electron chi connectivity index (χ2n) is 6.54. The molecule has 6 nitrogen and oxygen atoms in total. The molecule has 2 fully saturated rings. The van der Waals surface area contributed by atoms with Crippen LogP contribution >= 0.6 is 0 Å². The number of ether oxygens (including phenoxy) is 2. The zero-order valence-electron chi connectivity index (χ0n) is 13.8. The molecule has 0 N–H and O–H groups in total. The first-order chi connectivity index (χ1) is 12.4. The van der Waals surface area contributed by atoms with E-state index in [1.54, 1.807) is 23.4 Å². The van der Waals surface area contributed by atoms with Gasteiger partial charge in [-0.3, -0.25) is 4.98 Å². The Morgan fingerprint density at radius 3 is 2.92 bits per heavy atom. The monoisotopic (exact) mass is 366 g/mol. The van der Waals surface area contributed by atoms with Crippen molar-refractivity contribution in [1.82, 2.24) is 15.0 Å². The molecule has 0 amide bonds. The van der Waals surface area contributed by atoms with Crippen LogP contribution in [0.5, 0.6) is 5.75 Å². The molecule has 2 atom stereocenters. The first-order valence-corrected chi connectivity index (χ1v) is 8.29. The van der Waals surface area contributed by atoms with Crippen LogP contribution in [-0.4, -0.2) is 46.4 Å². The highest BCUT2D eigenvalue weighted by atomic mass is 19.4. The molecular formula is C17H17F3N4O2. The van der Waals surface area contributed by atoms with E-state index in [0.29, 0.717) is 38.3 Å². The van der Waals surface area contributed by atoms with Crippen molar-refractivity contribution in [2.75, 3.05) is 24.6 Å². The van der Waals surface area contributed by atoms with Gasteiger partial charge in [0.15, 0.2) is 0 Å². The van der Waals surface area contributed by atoms with Crippen molar-refractivity contribution < 1.29 is 22.6 Å². The summed E-state index contributed by atoms with van der Waals surface area (Å²) in [5, 5.41) is 0. The maximum Gasteiger partial charge on any atom is 0.433 e. The summed E-state index contributed by atoms with van der Waals surface area (Å²) in [5.74, 6) is 0.756. The molecule has 26 heavy (non-hydrogen) atoms. The third-order valence-corrected chi connectivity index (χ3v) is 4.64. The summed E-state index contributed by atoms with van der Waals surface area (Å²) in [6.07, 6.45) is 1.21.